The lowest BCUT2D eigenvalue weighted by molar-refractivity contribution is -0.137. The molecule has 1 fully saturated rings. The minimum Gasteiger partial charge on any atom is -0.489 e. The Kier molecular flexibility index (Phi) is 6.52. The highest BCUT2D eigenvalue weighted by Crippen LogP contribution is 2.45. The first-order valence-electron chi connectivity index (χ1n) is 11.9. The van der Waals surface area contributed by atoms with Crippen LogP contribution in [0.3, 0.4) is 0 Å². The van der Waals surface area contributed by atoms with Gasteiger partial charge in [0.1, 0.15) is 12.4 Å². The second-order valence-electron chi connectivity index (χ2n) is 9.49. The number of carboxylic acids is 1. The molecular formula is C28H31NO3S. The Morgan fingerprint density at radius 3 is 2.79 bits per heavy atom. The van der Waals surface area contributed by atoms with Crippen LogP contribution in [0.2, 0.25) is 0 Å². The van der Waals surface area contributed by atoms with Crippen molar-refractivity contribution in [2.24, 2.45) is 5.92 Å². The highest BCUT2D eigenvalue weighted by Gasteiger charge is 2.33. The molecule has 4 nitrogen and oxygen atoms in total. The highest BCUT2D eigenvalue weighted by atomic mass is 32.1. The molecule has 0 amide bonds. The number of ether oxygens (including phenoxy) is 1. The van der Waals surface area contributed by atoms with Crippen LogP contribution in [-0.2, 0) is 30.9 Å². The summed E-state index contributed by atoms with van der Waals surface area (Å²) in [7, 11) is 0. The van der Waals surface area contributed by atoms with Gasteiger partial charge < -0.3 is 9.84 Å². The predicted octanol–water partition coefficient (Wildman–Crippen LogP) is 6.16. The lowest BCUT2D eigenvalue weighted by Crippen LogP contribution is -2.29. The van der Waals surface area contributed by atoms with Crippen LogP contribution in [0, 0.1) is 12.8 Å². The number of thiophene rings is 1. The summed E-state index contributed by atoms with van der Waals surface area (Å²) >= 11 is 1.94. The Bertz CT molecular complexity index is 1130. The van der Waals surface area contributed by atoms with Crippen LogP contribution in [0.25, 0.3) is 0 Å². The van der Waals surface area contributed by atoms with Gasteiger partial charge in [0.25, 0.3) is 0 Å². The van der Waals surface area contributed by atoms with E-state index >= 15 is 0 Å². The molecule has 5 heteroatoms. The van der Waals surface area contributed by atoms with Gasteiger partial charge in [-0.15, -0.1) is 11.3 Å². The summed E-state index contributed by atoms with van der Waals surface area (Å²) in [5.41, 5.74) is 5.05. The van der Waals surface area contributed by atoms with E-state index < -0.39 is 5.97 Å². The van der Waals surface area contributed by atoms with Crippen LogP contribution < -0.4 is 4.74 Å². The van der Waals surface area contributed by atoms with E-state index in [4.69, 9.17) is 4.74 Å². The maximum Gasteiger partial charge on any atom is 0.303 e. The molecule has 1 N–H and O–H groups in total. The average molecular weight is 462 g/mol. The van der Waals surface area contributed by atoms with Gasteiger partial charge in [-0.05, 0) is 78.5 Å². The highest BCUT2D eigenvalue weighted by molar-refractivity contribution is 7.12. The van der Waals surface area contributed by atoms with Crippen molar-refractivity contribution in [3.8, 4) is 5.75 Å². The Balaban J connectivity index is 1.20. The summed E-state index contributed by atoms with van der Waals surface area (Å²) in [5.74, 6) is 0.669. The Labute approximate surface area is 199 Å². The summed E-state index contributed by atoms with van der Waals surface area (Å²) in [6, 6.07) is 19.0. The molecule has 2 aromatic carbocycles. The fraction of sp³-hybridized carbons (Fsp3) is 0.393. The second kappa shape index (κ2) is 9.70. The number of nitrogens with zero attached hydrogens (tertiary/aromatic N) is 1. The van der Waals surface area contributed by atoms with Gasteiger partial charge in [0.05, 0.1) is 6.42 Å². The Morgan fingerprint density at radius 2 is 1.97 bits per heavy atom. The molecule has 0 radical (unpaired) electrons. The summed E-state index contributed by atoms with van der Waals surface area (Å²) in [6.45, 7) is 5.81. The van der Waals surface area contributed by atoms with Crippen LogP contribution in [0.4, 0.5) is 0 Å². The molecule has 172 valence electrons. The van der Waals surface area contributed by atoms with E-state index in [0.29, 0.717) is 12.5 Å². The third-order valence-electron chi connectivity index (χ3n) is 6.74. The quantitative estimate of drug-likeness (QED) is 0.414. The number of benzene rings is 2. The van der Waals surface area contributed by atoms with Crippen molar-refractivity contribution >= 4 is 17.3 Å². The molecule has 1 aliphatic heterocycles. The van der Waals surface area contributed by atoms with Crippen molar-refractivity contribution < 1.29 is 14.6 Å². The van der Waals surface area contributed by atoms with E-state index in [0.717, 1.165) is 55.8 Å². The first-order valence-corrected chi connectivity index (χ1v) is 12.7. The molecule has 1 aromatic heterocycles. The van der Waals surface area contributed by atoms with Gasteiger partial charge in [0.2, 0.25) is 0 Å². The molecule has 1 aliphatic carbocycles. The number of aryl methyl sites for hydroxylation is 1. The van der Waals surface area contributed by atoms with Crippen LogP contribution >= 0.6 is 11.3 Å². The number of hydrogen-bond acceptors (Lipinski definition) is 4. The number of aliphatic carboxylic acids is 1. The van der Waals surface area contributed by atoms with Gasteiger partial charge in [0, 0.05) is 29.4 Å². The molecular weight excluding hydrogens is 430 g/mol. The molecule has 5 rings (SSSR count). The van der Waals surface area contributed by atoms with E-state index in [1.54, 1.807) is 4.88 Å². The van der Waals surface area contributed by atoms with Gasteiger partial charge >= 0.3 is 5.97 Å². The summed E-state index contributed by atoms with van der Waals surface area (Å²) < 4.78 is 6.12. The fourth-order valence-corrected chi connectivity index (χ4v) is 6.03. The van der Waals surface area contributed by atoms with E-state index in [1.807, 2.05) is 35.6 Å². The van der Waals surface area contributed by atoms with E-state index in [9.17, 15) is 9.90 Å². The molecule has 1 unspecified atom stereocenters. The Morgan fingerprint density at radius 1 is 1.15 bits per heavy atom. The lowest BCUT2D eigenvalue weighted by atomic mass is 9.91. The molecule has 33 heavy (non-hydrogen) atoms. The van der Waals surface area contributed by atoms with Crippen molar-refractivity contribution in [3.63, 3.8) is 0 Å². The largest absolute Gasteiger partial charge is 0.489 e. The maximum atomic E-state index is 11.3. The molecule has 0 saturated heterocycles. The standard InChI is InChI=1S/C28H31NO3S/c1-19-12-24-17-29(11-10-27(24)33-19)16-20-4-2-5-21(13-20)18-32-25-7-3-6-23(14-25)26(15-28(30)31)22-8-9-22/h2-7,12-14,22,26H,8-11,15-18H2,1H3,(H,30,31). The lowest BCUT2D eigenvalue weighted by Gasteiger charge is -2.27. The zero-order valence-corrected chi connectivity index (χ0v) is 19.9. The topological polar surface area (TPSA) is 49.8 Å². The minimum absolute atomic E-state index is 0.0893. The van der Waals surface area contributed by atoms with Crippen LogP contribution in [0.1, 0.15) is 57.2 Å². The van der Waals surface area contributed by atoms with Crippen molar-refractivity contribution in [3.05, 3.63) is 86.6 Å². The predicted molar refractivity (Wildman–Crippen MR) is 132 cm³/mol. The van der Waals surface area contributed by atoms with E-state index in [2.05, 4.69) is 42.2 Å². The van der Waals surface area contributed by atoms with Crippen molar-refractivity contribution in [1.29, 1.82) is 0 Å². The van der Waals surface area contributed by atoms with Gasteiger partial charge in [-0.3, -0.25) is 9.69 Å². The summed E-state index contributed by atoms with van der Waals surface area (Å²) in [5, 5.41) is 9.30. The first-order chi connectivity index (χ1) is 16.0. The Hall–Kier alpha value is -2.63. The average Bonchev–Trinajstić information content (AvgIpc) is 3.57. The van der Waals surface area contributed by atoms with E-state index in [-0.39, 0.29) is 12.3 Å². The zero-order chi connectivity index (χ0) is 22.8. The zero-order valence-electron chi connectivity index (χ0n) is 19.1. The molecule has 3 aromatic rings. The number of carboxylic acid groups (broad SMARTS) is 1. The number of fused-ring (bicyclic) bond motifs is 1. The first kappa shape index (κ1) is 22.2. The van der Waals surface area contributed by atoms with Crippen LogP contribution in [0.5, 0.6) is 5.75 Å². The molecule has 2 heterocycles. The van der Waals surface area contributed by atoms with Crippen molar-refractivity contribution in [2.45, 2.75) is 58.2 Å². The fourth-order valence-electron chi connectivity index (χ4n) is 5.00. The molecule has 2 aliphatic rings. The number of carbonyl (C=O) groups is 1. The number of hydrogen-bond donors (Lipinski definition) is 1. The van der Waals surface area contributed by atoms with Gasteiger partial charge in [0.15, 0.2) is 0 Å². The van der Waals surface area contributed by atoms with Gasteiger partial charge in [-0.1, -0.05) is 36.4 Å². The SMILES string of the molecule is Cc1cc2c(s1)CCN(Cc1cccc(COc3cccc(C(CC(=O)O)C4CC4)c3)c1)C2. The molecule has 0 spiro atoms. The minimum atomic E-state index is -0.728. The van der Waals surface area contributed by atoms with Crippen molar-refractivity contribution in [1.82, 2.24) is 4.90 Å². The van der Waals surface area contributed by atoms with Crippen LogP contribution in [-0.4, -0.2) is 22.5 Å². The van der Waals surface area contributed by atoms with Crippen molar-refractivity contribution in [2.75, 3.05) is 6.54 Å². The normalized spacial score (nSPS) is 16.9. The maximum absolute atomic E-state index is 11.3. The van der Waals surface area contributed by atoms with Gasteiger partial charge in [-0.25, -0.2) is 0 Å². The molecule has 1 atom stereocenters. The second-order valence-corrected chi connectivity index (χ2v) is 10.8. The van der Waals surface area contributed by atoms with Gasteiger partial charge in [-0.2, -0.15) is 0 Å². The van der Waals surface area contributed by atoms with Crippen LogP contribution in [0.15, 0.2) is 54.6 Å². The third-order valence-corrected chi connectivity index (χ3v) is 7.90. The summed E-state index contributed by atoms with van der Waals surface area (Å²) in [6.07, 6.45) is 3.59. The monoisotopic (exact) mass is 461 g/mol. The third kappa shape index (κ3) is 5.66. The smallest absolute Gasteiger partial charge is 0.303 e. The summed E-state index contributed by atoms with van der Waals surface area (Å²) in [4.78, 5) is 16.8. The molecule has 0 bridgehead atoms. The molecule has 1 saturated carbocycles. The van der Waals surface area contributed by atoms with E-state index in [1.165, 1.54) is 16.0 Å². The number of rotatable bonds is 9.